The molecule has 8 nitrogen and oxygen atoms in total. The van der Waals surface area contributed by atoms with Crippen molar-refractivity contribution in [2.45, 2.75) is 20.4 Å². The number of hydrogen-bond donors (Lipinski definition) is 1. The molecular weight excluding hydrogens is 376 g/mol. The van der Waals surface area contributed by atoms with Crippen LogP contribution in [0.4, 0.5) is 0 Å². The molecule has 0 aliphatic heterocycles. The zero-order valence-electron chi connectivity index (χ0n) is 16.3. The number of carbonyl (C=O) groups is 2. The SMILES string of the molecule is CCOC(=O)COc1ccc(/C=C(/C#N)C(=O)NCc2ccco2)cc1OCC. The number of nitrogens with one attached hydrogen (secondary N) is 1. The fraction of sp³-hybridized carbons (Fsp3) is 0.286. The van der Waals surface area contributed by atoms with Crippen molar-refractivity contribution in [3.05, 3.63) is 53.5 Å². The highest BCUT2D eigenvalue weighted by Crippen LogP contribution is 2.29. The van der Waals surface area contributed by atoms with Gasteiger partial charge in [0.2, 0.25) is 0 Å². The minimum absolute atomic E-state index is 0.0702. The molecule has 2 rings (SSSR count). The number of nitriles is 1. The summed E-state index contributed by atoms with van der Waals surface area (Å²) in [6.45, 7) is 4.08. The normalized spacial score (nSPS) is 10.7. The molecule has 0 unspecified atom stereocenters. The van der Waals surface area contributed by atoms with E-state index >= 15 is 0 Å². The third-order valence-electron chi connectivity index (χ3n) is 3.60. The third kappa shape index (κ3) is 6.74. The Kier molecular flexibility index (Phi) is 8.32. The molecule has 1 heterocycles. The Morgan fingerprint density at radius 1 is 1.17 bits per heavy atom. The summed E-state index contributed by atoms with van der Waals surface area (Å²) in [5, 5.41) is 11.9. The molecule has 1 aromatic carbocycles. The van der Waals surface area contributed by atoms with Gasteiger partial charge in [0.05, 0.1) is 26.0 Å². The minimum Gasteiger partial charge on any atom is -0.490 e. The summed E-state index contributed by atoms with van der Waals surface area (Å²) >= 11 is 0. The van der Waals surface area contributed by atoms with Crippen LogP contribution in [0.3, 0.4) is 0 Å². The van der Waals surface area contributed by atoms with E-state index in [0.717, 1.165) is 0 Å². The second kappa shape index (κ2) is 11.2. The van der Waals surface area contributed by atoms with Gasteiger partial charge in [-0.3, -0.25) is 4.79 Å². The van der Waals surface area contributed by atoms with Gasteiger partial charge in [-0.05, 0) is 49.8 Å². The van der Waals surface area contributed by atoms with Crippen molar-refractivity contribution in [1.29, 1.82) is 5.26 Å². The highest BCUT2D eigenvalue weighted by Gasteiger charge is 2.12. The standard InChI is InChI=1S/C21H22N2O6/c1-3-26-19-11-15(7-8-18(19)29-14-20(24)27-4-2)10-16(12-22)21(25)23-13-17-6-5-9-28-17/h5-11H,3-4,13-14H2,1-2H3,(H,23,25)/b16-10-. The summed E-state index contributed by atoms with van der Waals surface area (Å²) in [6.07, 6.45) is 2.94. The molecule has 0 saturated heterocycles. The summed E-state index contributed by atoms with van der Waals surface area (Å²) in [4.78, 5) is 23.7. The first-order valence-corrected chi connectivity index (χ1v) is 9.05. The number of hydrogen-bond acceptors (Lipinski definition) is 7. The highest BCUT2D eigenvalue weighted by atomic mass is 16.6. The quantitative estimate of drug-likeness (QED) is 0.372. The van der Waals surface area contributed by atoms with Crippen molar-refractivity contribution in [1.82, 2.24) is 5.32 Å². The largest absolute Gasteiger partial charge is 0.490 e. The predicted octanol–water partition coefficient (Wildman–Crippen LogP) is 2.84. The molecule has 1 aromatic heterocycles. The molecule has 0 saturated carbocycles. The van der Waals surface area contributed by atoms with Crippen molar-refractivity contribution in [3.8, 4) is 17.6 Å². The Morgan fingerprint density at radius 3 is 2.66 bits per heavy atom. The lowest BCUT2D eigenvalue weighted by Gasteiger charge is -2.12. The molecule has 1 N–H and O–H groups in total. The Balaban J connectivity index is 2.12. The molecule has 2 aromatic rings. The summed E-state index contributed by atoms with van der Waals surface area (Å²) in [7, 11) is 0. The van der Waals surface area contributed by atoms with Crippen LogP contribution < -0.4 is 14.8 Å². The van der Waals surface area contributed by atoms with Gasteiger partial charge < -0.3 is 23.9 Å². The molecule has 0 fully saturated rings. The highest BCUT2D eigenvalue weighted by molar-refractivity contribution is 6.01. The van der Waals surface area contributed by atoms with Crippen LogP contribution in [0.2, 0.25) is 0 Å². The maximum Gasteiger partial charge on any atom is 0.344 e. The first-order chi connectivity index (χ1) is 14.1. The third-order valence-corrected chi connectivity index (χ3v) is 3.60. The van der Waals surface area contributed by atoms with E-state index in [-0.39, 0.29) is 25.3 Å². The van der Waals surface area contributed by atoms with E-state index in [0.29, 0.717) is 29.4 Å². The number of furan rings is 1. The van der Waals surface area contributed by atoms with Crippen LogP contribution in [0, 0.1) is 11.3 Å². The molecule has 152 valence electrons. The molecule has 0 bridgehead atoms. The lowest BCUT2D eigenvalue weighted by molar-refractivity contribution is -0.145. The van der Waals surface area contributed by atoms with Gasteiger partial charge in [-0.2, -0.15) is 5.26 Å². The first kappa shape index (κ1) is 21.6. The van der Waals surface area contributed by atoms with Crippen molar-refractivity contribution in [3.63, 3.8) is 0 Å². The van der Waals surface area contributed by atoms with Crippen LogP contribution in [-0.2, 0) is 20.9 Å². The minimum atomic E-state index is -0.524. The van der Waals surface area contributed by atoms with Gasteiger partial charge in [-0.25, -0.2) is 4.79 Å². The fourth-order valence-corrected chi connectivity index (χ4v) is 2.33. The maximum absolute atomic E-state index is 12.2. The molecule has 0 atom stereocenters. The molecule has 0 radical (unpaired) electrons. The van der Waals surface area contributed by atoms with E-state index in [1.54, 1.807) is 44.2 Å². The number of rotatable bonds is 10. The molecule has 8 heteroatoms. The van der Waals surface area contributed by atoms with E-state index in [2.05, 4.69) is 5.32 Å². The Morgan fingerprint density at radius 2 is 2.00 bits per heavy atom. The van der Waals surface area contributed by atoms with E-state index in [4.69, 9.17) is 18.6 Å². The Hall–Kier alpha value is -3.73. The number of ether oxygens (including phenoxy) is 3. The van der Waals surface area contributed by atoms with Crippen molar-refractivity contribution >= 4 is 18.0 Å². The van der Waals surface area contributed by atoms with Gasteiger partial charge in [-0.15, -0.1) is 0 Å². The first-order valence-electron chi connectivity index (χ1n) is 9.05. The summed E-state index contributed by atoms with van der Waals surface area (Å²) in [5.74, 6) is 0.317. The van der Waals surface area contributed by atoms with Gasteiger partial charge in [-0.1, -0.05) is 6.07 Å². The van der Waals surface area contributed by atoms with E-state index < -0.39 is 11.9 Å². The number of amides is 1. The van der Waals surface area contributed by atoms with Gasteiger partial charge in [0.15, 0.2) is 18.1 Å². The van der Waals surface area contributed by atoms with E-state index in [9.17, 15) is 14.9 Å². The average molecular weight is 398 g/mol. The Labute approximate surface area is 168 Å². The van der Waals surface area contributed by atoms with E-state index in [1.807, 2.05) is 6.07 Å². The van der Waals surface area contributed by atoms with Crippen LogP contribution in [0.25, 0.3) is 6.08 Å². The lowest BCUT2D eigenvalue weighted by Crippen LogP contribution is -2.23. The topological polar surface area (TPSA) is 111 Å². The van der Waals surface area contributed by atoms with E-state index in [1.165, 1.54) is 12.3 Å². The van der Waals surface area contributed by atoms with Crippen molar-refractivity contribution in [2.24, 2.45) is 0 Å². The van der Waals surface area contributed by atoms with Gasteiger partial charge >= 0.3 is 5.97 Å². The van der Waals surface area contributed by atoms with Crippen molar-refractivity contribution in [2.75, 3.05) is 19.8 Å². The second-order valence-corrected chi connectivity index (χ2v) is 5.66. The molecule has 0 spiro atoms. The summed E-state index contributed by atoms with van der Waals surface area (Å²) in [6, 6.07) is 10.2. The van der Waals surface area contributed by atoms with Crippen LogP contribution >= 0.6 is 0 Å². The van der Waals surface area contributed by atoms with Gasteiger partial charge in [0, 0.05) is 0 Å². The number of nitrogens with zero attached hydrogens (tertiary/aromatic N) is 1. The molecule has 0 aliphatic rings. The summed E-state index contributed by atoms with van der Waals surface area (Å²) < 4.78 is 21.0. The average Bonchev–Trinajstić information content (AvgIpc) is 3.23. The molecule has 0 aliphatic carbocycles. The zero-order chi connectivity index (χ0) is 21.1. The monoisotopic (exact) mass is 398 g/mol. The molecular formula is C21H22N2O6. The van der Waals surface area contributed by atoms with Gasteiger partial charge in [0.25, 0.3) is 5.91 Å². The molecule has 1 amide bonds. The predicted molar refractivity (Wildman–Crippen MR) is 104 cm³/mol. The number of carbonyl (C=O) groups excluding carboxylic acids is 2. The van der Waals surface area contributed by atoms with Gasteiger partial charge in [0.1, 0.15) is 17.4 Å². The number of benzene rings is 1. The zero-order valence-corrected chi connectivity index (χ0v) is 16.3. The van der Waals surface area contributed by atoms with Crippen LogP contribution in [-0.4, -0.2) is 31.7 Å². The number of esters is 1. The second-order valence-electron chi connectivity index (χ2n) is 5.66. The smallest absolute Gasteiger partial charge is 0.344 e. The molecule has 29 heavy (non-hydrogen) atoms. The fourth-order valence-electron chi connectivity index (χ4n) is 2.33. The lowest BCUT2D eigenvalue weighted by atomic mass is 10.1. The van der Waals surface area contributed by atoms with Crippen LogP contribution in [0.5, 0.6) is 11.5 Å². The summed E-state index contributed by atoms with van der Waals surface area (Å²) in [5.41, 5.74) is 0.501. The van der Waals surface area contributed by atoms with Crippen molar-refractivity contribution < 1.29 is 28.2 Å². The van der Waals surface area contributed by atoms with Crippen LogP contribution in [0.15, 0.2) is 46.6 Å². The maximum atomic E-state index is 12.2. The Bertz CT molecular complexity index is 896. The van der Waals surface area contributed by atoms with Crippen LogP contribution in [0.1, 0.15) is 25.2 Å².